The highest BCUT2D eigenvalue weighted by molar-refractivity contribution is 5.30. The van der Waals surface area contributed by atoms with Gasteiger partial charge in [0.1, 0.15) is 0 Å². The Labute approximate surface area is 121 Å². The van der Waals surface area contributed by atoms with Gasteiger partial charge in [-0.3, -0.25) is 0 Å². The van der Waals surface area contributed by atoms with E-state index in [-0.39, 0.29) is 5.82 Å². The quantitative estimate of drug-likeness (QED) is 0.812. The lowest BCUT2D eigenvalue weighted by molar-refractivity contribution is 0.333. The molecule has 0 saturated heterocycles. The first-order valence-electron chi connectivity index (χ1n) is 7.77. The fourth-order valence-corrected chi connectivity index (χ4v) is 3.10. The van der Waals surface area contributed by atoms with Crippen LogP contribution in [-0.4, -0.2) is 13.2 Å². The number of hydrogen-bond donors (Lipinski definition) is 1. The minimum absolute atomic E-state index is 0.240. The standard InChI is InChI=1S/C17H26FNO/c1-13(14-8-5-3-4-6-9-14)19-12-15-10-7-11-16(20-2)17(15)18/h7,10-11,13-14,19H,3-6,8-9,12H2,1-2H3/t13-/m1/s1. The van der Waals surface area contributed by atoms with Gasteiger partial charge in [0.05, 0.1) is 7.11 Å². The summed E-state index contributed by atoms with van der Waals surface area (Å²) in [5.74, 6) is 0.813. The molecule has 0 aromatic heterocycles. The molecule has 1 atom stereocenters. The monoisotopic (exact) mass is 279 g/mol. The van der Waals surface area contributed by atoms with Gasteiger partial charge in [0.15, 0.2) is 11.6 Å². The Morgan fingerprint density at radius 1 is 1.25 bits per heavy atom. The second-order valence-corrected chi connectivity index (χ2v) is 5.85. The summed E-state index contributed by atoms with van der Waals surface area (Å²) in [5, 5.41) is 3.49. The Kier molecular flexibility index (Phi) is 5.84. The van der Waals surface area contributed by atoms with Crippen LogP contribution < -0.4 is 10.1 Å². The number of methoxy groups -OCH3 is 1. The SMILES string of the molecule is COc1cccc(CN[C@H](C)C2CCCCCC2)c1F. The molecule has 1 N–H and O–H groups in total. The van der Waals surface area contributed by atoms with E-state index in [4.69, 9.17) is 4.74 Å². The van der Waals surface area contributed by atoms with Crippen molar-refractivity contribution in [3.05, 3.63) is 29.6 Å². The Hall–Kier alpha value is -1.09. The van der Waals surface area contributed by atoms with E-state index < -0.39 is 0 Å². The second kappa shape index (κ2) is 7.63. The van der Waals surface area contributed by atoms with Crippen LogP contribution in [0.4, 0.5) is 4.39 Å². The van der Waals surface area contributed by atoms with E-state index in [2.05, 4.69) is 12.2 Å². The van der Waals surface area contributed by atoms with Crippen molar-refractivity contribution >= 4 is 0 Å². The fraction of sp³-hybridized carbons (Fsp3) is 0.647. The number of hydrogen-bond acceptors (Lipinski definition) is 2. The summed E-state index contributed by atoms with van der Waals surface area (Å²) in [6.45, 7) is 2.80. The van der Waals surface area contributed by atoms with E-state index in [0.717, 1.165) is 5.92 Å². The molecule has 1 aliphatic carbocycles. The second-order valence-electron chi connectivity index (χ2n) is 5.85. The topological polar surface area (TPSA) is 21.3 Å². The van der Waals surface area contributed by atoms with Crippen LogP contribution in [0, 0.1) is 11.7 Å². The van der Waals surface area contributed by atoms with Gasteiger partial charge in [0.2, 0.25) is 0 Å². The summed E-state index contributed by atoms with van der Waals surface area (Å²) < 4.78 is 19.1. The largest absolute Gasteiger partial charge is 0.494 e. The van der Waals surface area contributed by atoms with E-state index in [9.17, 15) is 4.39 Å². The molecule has 112 valence electrons. The first kappa shape index (κ1) is 15.3. The zero-order chi connectivity index (χ0) is 14.4. The van der Waals surface area contributed by atoms with Crippen LogP contribution in [-0.2, 0) is 6.54 Å². The molecule has 2 nitrogen and oxygen atoms in total. The highest BCUT2D eigenvalue weighted by Crippen LogP contribution is 2.26. The number of ether oxygens (including phenoxy) is 1. The maximum absolute atomic E-state index is 14.1. The molecule has 20 heavy (non-hydrogen) atoms. The molecular formula is C17H26FNO. The molecule has 0 heterocycles. The lowest BCUT2D eigenvalue weighted by atomic mass is 9.93. The molecule has 0 radical (unpaired) electrons. The Bertz CT molecular complexity index is 413. The van der Waals surface area contributed by atoms with E-state index in [1.165, 1.54) is 45.6 Å². The Balaban J connectivity index is 1.90. The van der Waals surface area contributed by atoms with E-state index in [1.807, 2.05) is 12.1 Å². The minimum atomic E-state index is -0.240. The summed E-state index contributed by atoms with van der Waals surface area (Å²) in [5.41, 5.74) is 0.685. The number of nitrogens with one attached hydrogen (secondary N) is 1. The molecule has 2 rings (SSSR count). The van der Waals surface area contributed by atoms with Crippen LogP contribution in [0.5, 0.6) is 5.75 Å². The molecule has 1 aromatic carbocycles. The molecule has 0 aliphatic heterocycles. The third-order valence-corrected chi connectivity index (χ3v) is 4.48. The van der Waals surface area contributed by atoms with Crippen LogP contribution in [0.2, 0.25) is 0 Å². The normalized spacial score (nSPS) is 18.6. The van der Waals surface area contributed by atoms with Crippen molar-refractivity contribution in [1.29, 1.82) is 0 Å². The van der Waals surface area contributed by atoms with E-state index in [0.29, 0.717) is 23.9 Å². The van der Waals surface area contributed by atoms with Crippen molar-refractivity contribution in [2.45, 2.75) is 58.0 Å². The van der Waals surface area contributed by atoms with Crippen molar-refractivity contribution < 1.29 is 9.13 Å². The highest BCUT2D eigenvalue weighted by atomic mass is 19.1. The molecule has 0 bridgehead atoms. The van der Waals surface area contributed by atoms with Gasteiger partial charge in [0, 0.05) is 18.2 Å². The predicted octanol–water partition coefficient (Wildman–Crippen LogP) is 4.28. The van der Waals surface area contributed by atoms with Crippen LogP contribution in [0.15, 0.2) is 18.2 Å². The van der Waals surface area contributed by atoms with Gasteiger partial charge in [-0.05, 0) is 31.7 Å². The van der Waals surface area contributed by atoms with Crippen LogP contribution in [0.3, 0.4) is 0 Å². The fourth-order valence-electron chi connectivity index (χ4n) is 3.10. The average Bonchev–Trinajstić information content (AvgIpc) is 2.75. The Morgan fingerprint density at radius 2 is 1.95 bits per heavy atom. The highest BCUT2D eigenvalue weighted by Gasteiger charge is 2.19. The van der Waals surface area contributed by atoms with Gasteiger partial charge in [-0.15, -0.1) is 0 Å². The lowest BCUT2D eigenvalue weighted by Crippen LogP contribution is -2.33. The predicted molar refractivity (Wildman–Crippen MR) is 80.4 cm³/mol. The van der Waals surface area contributed by atoms with Gasteiger partial charge in [-0.1, -0.05) is 37.8 Å². The molecule has 0 spiro atoms. The maximum atomic E-state index is 14.1. The number of halogens is 1. The summed E-state index contributed by atoms with van der Waals surface area (Å²) in [6.07, 6.45) is 8.01. The smallest absolute Gasteiger partial charge is 0.169 e. The summed E-state index contributed by atoms with van der Waals surface area (Å²) in [6, 6.07) is 5.77. The lowest BCUT2D eigenvalue weighted by Gasteiger charge is -2.24. The first-order valence-corrected chi connectivity index (χ1v) is 7.77. The van der Waals surface area contributed by atoms with Crippen molar-refractivity contribution in [3.8, 4) is 5.75 Å². The molecular weight excluding hydrogens is 253 g/mol. The van der Waals surface area contributed by atoms with Crippen LogP contribution >= 0.6 is 0 Å². The van der Waals surface area contributed by atoms with E-state index >= 15 is 0 Å². The Morgan fingerprint density at radius 3 is 2.60 bits per heavy atom. The van der Waals surface area contributed by atoms with Crippen molar-refractivity contribution in [3.63, 3.8) is 0 Å². The number of benzene rings is 1. The van der Waals surface area contributed by atoms with Crippen LogP contribution in [0.1, 0.15) is 51.0 Å². The molecule has 1 fully saturated rings. The van der Waals surface area contributed by atoms with Gasteiger partial charge in [0.25, 0.3) is 0 Å². The van der Waals surface area contributed by atoms with Gasteiger partial charge in [-0.25, -0.2) is 4.39 Å². The zero-order valence-corrected chi connectivity index (χ0v) is 12.6. The third kappa shape index (κ3) is 3.95. The van der Waals surface area contributed by atoms with Crippen molar-refractivity contribution in [2.24, 2.45) is 5.92 Å². The van der Waals surface area contributed by atoms with Crippen molar-refractivity contribution in [1.82, 2.24) is 5.32 Å². The average molecular weight is 279 g/mol. The molecule has 1 aromatic rings. The molecule has 3 heteroatoms. The zero-order valence-electron chi connectivity index (χ0n) is 12.6. The minimum Gasteiger partial charge on any atom is -0.494 e. The summed E-state index contributed by atoms with van der Waals surface area (Å²) >= 11 is 0. The summed E-state index contributed by atoms with van der Waals surface area (Å²) in [4.78, 5) is 0. The van der Waals surface area contributed by atoms with Crippen molar-refractivity contribution in [2.75, 3.05) is 7.11 Å². The van der Waals surface area contributed by atoms with Gasteiger partial charge in [-0.2, -0.15) is 0 Å². The molecule has 0 amide bonds. The van der Waals surface area contributed by atoms with E-state index in [1.54, 1.807) is 6.07 Å². The molecule has 0 unspecified atom stereocenters. The maximum Gasteiger partial charge on any atom is 0.169 e. The first-order chi connectivity index (χ1) is 9.72. The molecule has 1 aliphatic rings. The van der Waals surface area contributed by atoms with Gasteiger partial charge >= 0.3 is 0 Å². The summed E-state index contributed by atoms with van der Waals surface area (Å²) in [7, 11) is 1.50. The molecule has 1 saturated carbocycles. The van der Waals surface area contributed by atoms with Gasteiger partial charge < -0.3 is 10.1 Å². The third-order valence-electron chi connectivity index (χ3n) is 4.48. The number of rotatable bonds is 5. The van der Waals surface area contributed by atoms with Crippen LogP contribution in [0.25, 0.3) is 0 Å².